The van der Waals surface area contributed by atoms with Gasteiger partial charge < -0.3 is 19.2 Å². The van der Waals surface area contributed by atoms with Gasteiger partial charge in [0.25, 0.3) is 5.91 Å². The maximum absolute atomic E-state index is 13.1. The van der Waals surface area contributed by atoms with Crippen LogP contribution in [0.25, 0.3) is 0 Å². The smallest absolute Gasteiger partial charge is 0.268 e. The second kappa shape index (κ2) is 8.75. The number of likely N-dealkylation sites (tertiary alicyclic amines) is 1. The number of aliphatic hydroxyl groups excluding tert-OH is 1. The summed E-state index contributed by atoms with van der Waals surface area (Å²) in [5, 5.41) is 10.7. The van der Waals surface area contributed by atoms with Crippen LogP contribution in [-0.2, 0) is 9.59 Å². The van der Waals surface area contributed by atoms with Crippen LogP contribution >= 0.6 is 0 Å². The SMILES string of the molecule is CCC1Oc2ccc(C(O)c3ccco3)cc2N(CC(=O)N2CC(C)CC(C)C2)C1=O. The molecule has 0 spiro atoms. The lowest BCUT2D eigenvalue weighted by molar-refractivity contribution is -0.135. The zero-order valence-electron chi connectivity index (χ0n) is 18.3. The van der Waals surface area contributed by atoms with E-state index in [4.69, 9.17) is 9.15 Å². The molecule has 2 aromatic rings. The van der Waals surface area contributed by atoms with E-state index in [1.54, 1.807) is 30.3 Å². The first-order valence-corrected chi connectivity index (χ1v) is 11.0. The largest absolute Gasteiger partial charge is 0.478 e. The van der Waals surface area contributed by atoms with Crippen LogP contribution in [0.2, 0.25) is 0 Å². The van der Waals surface area contributed by atoms with Crippen LogP contribution in [0.15, 0.2) is 41.0 Å². The molecular weight excluding hydrogens is 396 g/mol. The van der Waals surface area contributed by atoms with Crippen molar-refractivity contribution in [3.05, 3.63) is 47.9 Å². The number of benzene rings is 1. The van der Waals surface area contributed by atoms with E-state index in [2.05, 4.69) is 13.8 Å². The lowest BCUT2D eigenvalue weighted by atomic mass is 9.92. The summed E-state index contributed by atoms with van der Waals surface area (Å²) in [4.78, 5) is 29.6. The summed E-state index contributed by atoms with van der Waals surface area (Å²) < 4.78 is 11.2. The van der Waals surface area contributed by atoms with Gasteiger partial charge in [-0.25, -0.2) is 0 Å². The Morgan fingerprint density at radius 3 is 2.61 bits per heavy atom. The summed E-state index contributed by atoms with van der Waals surface area (Å²) in [6.45, 7) is 7.58. The zero-order chi connectivity index (χ0) is 22.1. The average molecular weight is 427 g/mol. The number of rotatable bonds is 5. The van der Waals surface area contributed by atoms with E-state index in [0.717, 1.165) is 6.42 Å². The van der Waals surface area contributed by atoms with Gasteiger partial charge in [-0.05, 0) is 54.5 Å². The van der Waals surface area contributed by atoms with E-state index in [9.17, 15) is 14.7 Å². The second-order valence-corrected chi connectivity index (χ2v) is 8.83. The third kappa shape index (κ3) is 4.32. The van der Waals surface area contributed by atoms with E-state index in [0.29, 0.717) is 54.1 Å². The maximum Gasteiger partial charge on any atom is 0.268 e. The minimum atomic E-state index is -0.972. The molecular formula is C24H30N2O5. The van der Waals surface area contributed by atoms with Crippen molar-refractivity contribution < 1.29 is 23.8 Å². The molecule has 1 fully saturated rings. The van der Waals surface area contributed by atoms with Gasteiger partial charge >= 0.3 is 0 Å². The van der Waals surface area contributed by atoms with Gasteiger partial charge in [-0.15, -0.1) is 0 Å². The Morgan fingerprint density at radius 1 is 1.23 bits per heavy atom. The molecule has 2 amide bonds. The van der Waals surface area contributed by atoms with E-state index in [1.165, 1.54) is 11.2 Å². The highest BCUT2D eigenvalue weighted by molar-refractivity contribution is 6.04. The predicted molar refractivity (Wildman–Crippen MR) is 116 cm³/mol. The highest BCUT2D eigenvalue weighted by Gasteiger charge is 2.36. The maximum atomic E-state index is 13.1. The summed E-state index contributed by atoms with van der Waals surface area (Å²) in [7, 11) is 0. The lowest BCUT2D eigenvalue weighted by Crippen LogP contribution is -2.52. The van der Waals surface area contributed by atoms with Crippen LogP contribution in [0.1, 0.15) is 51.0 Å². The van der Waals surface area contributed by atoms with Crippen LogP contribution in [-0.4, -0.2) is 47.6 Å². The van der Waals surface area contributed by atoms with Crippen molar-refractivity contribution in [3.8, 4) is 5.75 Å². The van der Waals surface area contributed by atoms with Gasteiger partial charge in [0, 0.05) is 13.1 Å². The van der Waals surface area contributed by atoms with Gasteiger partial charge in [0.05, 0.1) is 12.0 Å². The Labute approximate surface area is 182 Å². The fourth-order valence-electron chi connectivity index (χ4n) is 4.65. The van der Waals surface area contributed by atoms with Gasteiger partial charge in [0.1, 0.15) is 24.2 Å². The molecule has 0 aliphatic carbocycles. The van der Waals surface area contributed by atoms with E-state index in [-0.39, 0.29) is 18.4 Å². The number of fused-ring (bicyclic) bond motifs is 1. The molecule has 0 saturated carbocycles. The van der Waals surface area contributed by atoms with Crippen molar-refractivity contribution in [1.29, 1.82) is 0 Å². The van der Waals surface area contributed by atoms with Crippen LogP contribution in [0.5, 0.6) is 5.75 Å². The monoisotopic (exact) mass is 426 g/mol. The van der Waals surface area contributed by atoms with Crippen LogP contribution in [0.3, 0.4) is 0 Å². The quantitative estimate of drug-likeness (QED) is 0.793. The average Bonchev–Trinajstić information content (AvgIpc) is 3.28. The predicted octanol–water partition coefficient (Wildman–Crippen LogP) is 3.37. The minimum Gasteiger partial charge on any atom is -0.478 e. The number of nitrogens with zero attached hydrogens (tertiary/aromatic N) is 2. The molecule has 2 aliphatic rings. The van der Waals surface area contributed by atoms with Crippen molar-refractivity contribution in [3.63, 3.8) is 0 Å². The topological polar surface area (TPSA) is 83.2 Å². The minimum absolute atomic E-state index is 0.0363. The summed E-state index contributed by atoms with van der Waals surface area (Å²) in [6, 6.07) is 8.61. The molecule has 1 aromatic heterocycles. The number of anilines is 1. The summed E-state index contributed by atoms with van der Waals surface area (Å²) >= 11 is 0. The molecule has 1 saturated heterocycles. The Morgan fingerprint density at radius 2 is 1.97 bits per heavy atom. The van der Waals surface area contributed by atoms with Crippen LogP contribution in [0, 0.1) is 11.8 Å². The van der Waals surface area contributed by atoms with Gasteiger partial charge in [0.2, 0.25) is 5.91 Å². The van der Waals surface area contributed by atoms with Crippen molar-refractivity contribution in [2.75, 3.05) is 24.5 Å². The number of carbonyl (C=O) groups excluding carboxylic acids is 2. The van der Waals surface area contributed by atoms with Crippen molar-refractivity contribution >= 4 is 17.5 Å². The molecule has 4 rings (SSSR count). The molecule has 3 heterocycles. The number of piperidine rings is 1. The normalized spacial score (nSPS) is 24.5. The number of ether oxygens (including phenoxy) is 1. The molecule has 31 heavy (non-hydrogen) atoms. The van der Waals surface area contributed by atoms with Gasteiger partial charge in [0.15, 0.2) is 6.10 Å². The highest BCUT2D eigenvalue weighted by atomic mass is 16.5. The third-order valence-corrected chi connectivity index (χ3v) is 6.10. The lowest BCUT2D eigenvalue weighted by Gasteiger charge is -2.38. The standard InChI is InChI=1S/C24H30N2O5/c1-4-19-24(29)26(14-22(27)25-12-15(2)10-16(3)13-25)18-11-17(7-8-20(18)31-19)23(28)21-6-5-9-30-21/h5-9,11,15-16,19,23,28H,4,10,12-14H2,1-3H3. The number of aliphatic hydroxyl groups is 1. The fourth-order valence-corrected chi connectivity index (χ4v) is 4.65. The first kappa shape index (κ1) is 21.4. The number of amides is 2. The summed E-state index contributed by atoms with van der Waals surface area (Å²) in [6.07, 6.45) is 1.52. The Hall–Kier alpha value is -2.80. The first-order chi connectivity index (χ1) is 14.9. The van der Waals surface area contributed by atoms with Gasteiger partial charge in [-0.3, -0.25) is 14.5 Å². The number of furan rings is 1. The summed E-state index contributed by atoms with van der Waals surface area (Å²) in [5.41, 5.74) is 1.07. The van der Waals surface area contributed by atoms with Gasteiger partial charge in [-0.2, -0.15) is 0 Å². The Balaban J connectivity index is 1.63. The van der Waals surface area contributed by atoms with E-state index in [1.807, 2.05) is 11.8 Å². The molecule has 0 radical (unpaired) electrons. The molecule has 4 unspecified atom stereocenters. The van der Waals surface area contributed by atoms with Crippen molar-refractivity contribution in [2.24, 2.45) is 11.8 Å². The molecule has 1 N–H and O–H groups in total. The third-order valence-electron chi connectivity index (χ3n) is 6.10. The highest BCUT2D eigenvalue weighted by Crippen LogP contribution is 2.38. The molecule has 0 bridgehead atoms. The molecule has 4 atom stereocenters. The van der Waals surface area contributed by atoms with Crippen molar-refractivity contribution in [2.45, 2.75) is 45.8 Å². The first-order valence-electron chi connectivity index (χ1n) is 11.0. The Bertz CT molecular complexity index is 931. The molecule has 2 aliphatic heterocycles. The fraction of sp³-hybridized carbons (Fsp3) is 0.500. The summed E-state index contributed by atoms with van der Waals surface area (Å²) in [5.74, 6) is 1.54. The van der Waals surface area contributed by atoms with Crippen LogP contribution < -0.4 is 9.64 Å². The van der Waals surface area contributed by atoms with E-state index < -0.39 is 12.2 Å². The number of hydrogen-bond acceptors (Lipinski definition) is 5. The van der Waals surface area contributed by atoms with E-state index >= 15 is 0 Å². The molecule has 7 nitrogen and oxygen atoms in total. The Kier molecular flexibility index (Phi) is 6.05. The van der Waals surface area contributed by atoms with Gasteiger partial charge in [-0.1, -0.05) is 26.8 Å². The zero-order valence-corrected chi connectivity index (χ0v) is 18.3. The van der Waals surface area contributed by atoms with Crippen molar-refractivity contribution in [1.82, 2.24) is 4.90 Å². The number of hydrogen-bond donors (Lipinski definition) is 1. The molecule has 166 valence electrons. The van der Waals surface area contributed by atoms with Crippen LogP contribution in [0.4, 0.5) is 5.69 Å². The molecule has 7 heteroatoms. The number of carbonyl (C=O) groups is 2. The second-order valence-electron chi connectivity index (χ2n) is 8.83. The molecule has 1 aromatic carbocycles.